The van der Waals surface area contributed by atoms with E-state index >= 15 is 0 Å². The zero-order valence-electron chi connectivity index (χ0n) is 16.6. The van der Waals surface area contributed by atoms with E-state index in [2.05, 4.69) is 11.4 Å². The summed E-state index contributed by atoms with van der Waals surface area (Å²) >= 11 is 0. The minimum absolute atomic E-state index is 0.0673. The highest BCUT2D eigenvalue weighted by atomic mass is 31.2. The fourth-order valence-electron chi connectivity index (χ4n) is 1.96. The maximum atomic E-state index is 11.8. The zero-order valence-corrected chi connectivity index (χ0v) is 17.5. The fraction of sp³-hybridized carbons (Fsp3) is 0.882. The summed E-state index contributed by atoms with van der Waals surface area (Å²) in [5, 5.41) is 17.8. The van der Waals surface area contributed by atoms with E-state index in [1.807, 2.05) is 0 Å². The average molecular weight is 428 g/mol. The molecular formula is C17H33O10P. The van der Waals surface area contributed by atoms with Gasteiger partial charge in [-0.1, -0.05) is 39.5 Å². The summed E-state index contributed by atoms with van der Waals surface area (Å²) in [4.78, 5) is 32.8. The van der Waals surface area contributed by atoms with Crippen LogP contribution in [0.25, 0.3) is 0 Å². The van der Waals surface area contributed by atoms with Gasteiger partial charge in [-0.3, -0.25) is 18.6 Å². The van der Waals surface area contributed by atoms with Crippen molar-refractivity contribution < 1.29 is 47.8 Å². The number of hydrogen-bond acceptors (Lipinski definition) is 9. The molecule has 10 nitrogen and oxygen atoms in total. The molecular weight excluding hydrogens is 395 g/mol. The van der Waals surface area contributed by atoms with Crippen molar-refractivity contribution in [3.05, 3.63) is 0 Å². The minimum atomic E-state index is -4.54. The first-order valence-electron chi connectivity index (χ1n) is 9.49. The molecule has 0 aromatic carbocycles. The van der Waals surface area contributed by atoms with Crippen LogP contribution in [0.5, 0.6) is 0 Å². The van der Waals surface area contributed by atoms with E-state index in [1.54, 1.807) is 6.92 Å². The first-order valence-corrected chi connectivity index (χ1v) is 11.0. The molecule has 1 unspecified atom stereocenters. The van der Waals surface area contributed by atoms with Gasteiger partial charge in [-0.15, -0.1) is 0 Å². The Kier molecular flexibility index (Phi) is 15.3. The predicted molar refractivity (Wildman–Crippen MR) is 99.3 cm³/mol. The summed E-state index contributed by atoms with van der Waals surface area (Å²) in [6.07, 6.45) is 2.76. The number of ether oxygens (including phenoxy) is 2. The van der Waals surface area contributed by atoms with Crippen molar-refractivity contribution in [1.82, 2.24) is 0 Å². The van der Waals surface area contributed by atoms with Crippen LogP contribution in [0.4, 0.5) is 0 Å². The van der Waals surface area contributed by atoms with Gasteiger partial charge in [-0.05, 0) is 6.42 Å². The third kappa shape index (κ3) is 15.0. The Morgan fingerprint density at radius 2 is 1.61 bits per heavy atom. The molecule has 0 fully saturated rings. The highest BCUT2D eigenvalue weighted by molar-refractivity contribution is 7.47. The molecule has 0 bridgehead atoms. The molecule has 28 heavy (non-hydrogen) atoms. The number of unbranched alkanes of at least 4 members (excludes halogenated alkanes) is 4. The van der Waals surface area contributed by atoms with E-state index < -0.39 is 51.8 Å². The van der Waals surface area contributed by atoms with E-state index in [0.29, 0.717) is 6.42 Å². The quantitative estimate of drug-likeness (QED) is 0.177. The number of phosphoric acid groups is 1. The van der Waals surface area contributed by atoms with Gasteiger partial charge in [-0.2, -0.15) is 0 Å². The molecule has 0 heterocycles. The number of rotatable bonds is 17. The van der Waals surface area contributed by atoms with Crippen LogP contribution in [0, 0.1) is 0 Å². The highest BCUT2D eigenvalue weighted by Crippen LogP contribution is 2.43. The summed E-state index contributed by atoms with van der Waals surface area (Å²) in [6.45, 7) is 1.54. The Morgan fingerprint density at radius 3 is 2.21 bits per heavy atom. The van der Waals surface area contributed by atoms with E-state index in [0.717, 1.165) is 25.7 Å². The number of phosphoric ester groups is 1. The maximum Gasteiger partial charge on any atom is 0.472 e. The van der Waals surface area contributed by atoms with Crippen LogP contribution in [0.15, 0.2) is 0 Å². The Morgan fingerprint density at radius 1 is 0.964 bits per heavy atom. The summed E-state index contributed by atoms with van der Waals surface area (Å²) in [5.74, 6) is -1.04. The van der Waals surface area contributed by atoms with Crippen molar-refractivity contribution in [2.75, 3.05) is 26.4 Å². The van der Waals surface area contributed by atoms with Gasteiger partial charge in [0, 0.05) is 12.8 Å². The Labute approximate surface area is 165 Å². The molecule has 0 spiro atoms. The summed E-state index contributed by atoms with van der Waals surface area (Å²) < 4.78 is 31.0. The first-order chi connectivity index (χ1) is 13.2. The number of hydrogen-bond donors (Lipinski definition) is 3. The largest absolute Gasteiger partial charge is 0.472 e. The standard InChI is InChI=1S/C17H33O10P/c1-3-5-6-7-8-9-17(21)24-12-15(27-16(20)4-2)13-26-28(22,23)25-11-14(19)10-18/h14-15,18-19H,3-13H2,1-2H3,(H,22,23)/t14-,15+/m0/s1. The molecule has 0 aromatic rings. The smallest absolute Gasteiger partial charge is 0.462 e. The van der Waals surface area contributed by atoms with Gasteiger partial charge in [0.05, 0.1) is 19.8 Å². The maximum absolute atomic E-state index is 11.8. The van der Waals surface area contributed by atoms with Crippen LogP contribution < -0.4 is 0 Å². The number of aliphatic hydroxyl groups excluding tert-OH is 2. The molecule has 0 radical (unpaired) electrons. The number of carbonyl (C=O) groups excluding carboxylic acids is 2. The predicted octanol–water partition coefficient (Wildman–Crippen LogP) is 1.70. The van der Waals surface area contributed by atoms with Gasteiger partial charge in [0.25, 0.3) is 0 Å². The fourth-order valence-corrected chi connectivity index (χ4v) is 2.75. The van der Waals surface area contributed by atoms with Crippen LogP contribution in [-0.2, 0) is 32.7 Å². The number of carbonyl (C=O) groups is 2. The Bertz CT molecular complexity index is 485. The number of aliphatic hydroxyl groups is 2. The van der Waals surface area contributed by atoms with Gasteiger partial charge in [0.2, 0.25) is 0 Å². The third-order valence-corrected chi connectivity index (χ3v) is 4.52. The average Bonchev–Trinajstić information content (AvgIpc) is 2.67. The molecule has 3 N–H and O–H groups in total. The Hall–Kier alpha value is -1.03. The molecule has 0 aliphatic rings. The highest BCUT2D eigenvalue weighted by Gasteiger charge is 2.26. The summed E-state index contributed by atoms with van der Waals surface area (Å²) in [7, 11) is -4.54. The molecule has 0 saturated carbocycles. The normalized spacial score (nSPS) is 15.5. The summed E-state index contributed by atoms with van der Waals surface area (Å²) in [6, 6.07) is 0. The monoisotopic (exact) mass is 428 g/mol. The second-order valence-electron chi connectivity index (χ2n) is 6.21. The van der Waals surface area contributed by atoms with Crippen molar-refractivity contribution in [3.63, 3.8) is 0 Å². The van der Waals surface area contributed by atoms with Crippen LogP contribution in [0.1, 0.15) is 58.8 Å². The van der Waals surface area contributed by atoms with E-state index in [4.69, 9.17) is 24.2 Å². The van der Waals surface area contributed by atoms with Gasteiger partial charge in [0.1, 0.15) is 12.7 Å². The van der Waals surface area contributed by atoms with Crippen molar-refractivity contribution in [1.29, 1.82) is 0 Å². The molecule has 11 heteroatoms. The molecule has 0 aliphatic carbocycles. The van der Waals surface area contributed by atoms with Gasteiger partial charge < -0.3 is 24.6 Å². The molecule has 0 saturated heterocycles. The second-order valence-corrected chi connectivity index (χ2v) is 7.66. The lowest BCUT2D eigenvalue weighted by molar-refractivity contribution is -0.161. The number of esters is 2. The van der Waals surface area contributed by atoms with E-state index in [-0.39, 0.29) is 19.4 Å². The van der Waals surface area contributed by atoms with Crippen molar-refractivity contribution >= 4 is 19.8 Å². The lowest BCUT2D eigenvalue weighted by Gasteiger charge is -2.20. The van der Waals surface area contributed by atoms with Crippen molar-refractivity contribution in [2.45, 2.75) is 71.0 Å². The topological polar surface area (TPSA) is 149 Å². The van der Waals surface area contributed by atoms with E-state index in [1.165, 1.54) is 0 Å². The van der Waals surface area contributed by atoms with Gasteiger partial charge in [0.15, 0.2) is 6.10 Å². The Balaban J connectivity index is 4.40. The molecule has 0 rings (SSSR count). The van der Waals surface area contributed by atoms with Crippen LogP contribution >= 0.6 is 7.82 Å². The van der Waals surface area contributed by atoms with Crippen LogP contribution in [0.2, 0.25) is 0 Å². The molecule has 166 valence electrons. The molecule has 0 amide bonds. The van der Waals surface area contributed by atoms with Crippen molar-refractivity contribution in [3.8, 4) is 0 Å². The van der Waals surface area contributed by atoms with Crippen molar-refractivity contribution in [2.24, 2.45) is 0 Å². The van der Waals surface area contributed by atoms with Gasteiger partial charge >= 0.3 is 19.8 Å². The lowest BCUT2D eigenvalue weighted by atomic mass is 10.1. The summed E-state index contributed by atoms with van der Waals surface area (Å²) in [5.41, 5.74) is 0. The molecule has 3 atom stereocenters. The van der Waals surface area contributed by atoms with E-state index in [9.17, 15) is 19.0 Å². The second kappa shape index (κ2) is 15.8. The minimum Gasteiger partial charge on any atom is -0.462 e. The van der Waals surface area contributed by atoms with Gasteiger partial charge in [-0.25, -0.2) is 4.57 Å². The van der Waals surface area contributed by atoms with Crippen LogP contribution in [-0.4, -0.2) is 65.7 Å². The lowest BCUT2D eigenvalue weighted by Crippen LogP contribution is -2.29. The zero-order chi connectivity index (χ0) is 21.4. The SMILES string of the molecule is CCCCCCCC(=O)OC[C@H](COP(=O)(O)OC[C@@H](O)CO)OC(=O)CC. The molecule has 0 aromatic heterocycles. The molecule has 0 aliphatic heterocycles. The first kappa shape index (κ1) is 27.0. The van der Waals surface area contributed by atoms with Crippen LogP contribution in [0.3, 0.4) is 0 Å². The third-order valence-electron chi connectivity index (χ3n) is 3.57.